The first-order chi connectivity index (χ1) is 10.1. The Morgan fingerprint density at radius 2 is 1.86 bits per heavy atom. The van der Waals surface area contributed by atoms with E-state index in [0.717, 1.165) is 13.0 Å². The third-order valence-electron chi connectivity index (χ3n) is 4.34. The Morgan fingerprint density at radius 3 is 2.38 bits per heavy atom. The second kappa shape index (κ2) is 7.12. The minimum atomic E-state index is -0.228. The van der Waals surface area contributed by atoms with Crippen molar-refractivity contribution >= 4 is 0 Å². The van der Waals surface area contributed by atoms with Gasteiger partial charge in [0.25, 0.3) is 0 Å². The van der Waals surface area contributed by atoms with Crippen LogP contribution in [0.15, 0.2) is 12.1 Å². The molecule has 1 aliphatic rings. The number of methoxy groups -OCH3 is 2. The molecule has 1 fully saturated rings. The molecular weight excluding hydrogens is 269 g/mol. The summed E-state index contributed by atoms with van der Waals surface area (Å²) >= 11 is 0. The van der Waals surface area contributed by atoms with E-state index < -0.39 is 0 Å². The van der Waals surface area contributed by atoms with Crippen molar-refractivity contribution in [2.24, 2.45) is 11.8 Å². The molecule has 2 rings (SSSR count). The van der Waals surface area contributed by atoms with Gasteiger partial charge in [-0.3, -0.25) is 0 Å². The molecule has 1 aliphatic carbocycles. The lowest BCUT2D eigenvalue weighted by Crippen LogP contribution is -2.29. The maximum atomic E-state index is 14.5. The van der Waals surface area contributed by atoms with Crippen molar-refractivity contribution in [2.75, 3.05) is 20.8 Å². The highest BCUT2D eigenvalue weighted by Crippen LogP contribution is 2.44. The first-order valence-corrected chi connectivity index (χ1v) is 7.77. The van der Waals surface area contributed by atoms with Crippen molar-refractivity contribution in [3.63, 3.8) is 0 Å². The Hall–Kier alpha value is -1.29. The molecule has 0 amide bonds. The molecule has 1 aromatic rings. The summed E-state index contributed by atoms with van der Waals surface area (Å²) in [6, 6.07) is 3.23. The molecule has 0 saturated heterocycles. The van der Waals surface area contributed by atoms with E-state index in [2.05, 4.69) is 19.2 Å². The van der Waals surface area contributed by atoms with Crippen molar-refractivity contribution in [2.45, 2.75) is 39.2 Å². The van der Waals surface area contributed by atoms with Crippen LogP contribution >= 0.6 is 0 Å². The molecule has 0 radical (unpaired) electrons. The highest BCUT2D eigenvalue weighted by Gasteiger charge is 2.35. The van der Waals surface area contributed by atoms with E-state index in [1.807, 2.05) is 0 Å². The van der Waals surface area contributed by atoms with Gasteiger partial charge in [-0.05, 0) is 43.7 Å². The van der Waals surface area contributed by atoms with Crippen LogP contribution in [0, 0.1) is 17.7 Å². The number of nitrogens with one attached hydrogen (secondary N) is 1. The SMILES string of the molecule is CCCNC(c1cc(OC)c(OC)cc1F)C(C)C1CC1. The molecule has 0 spiro atoms. The maximum Gasteiger partial charge on any atom is 0.163 e. The van der Waals surface area contributed by atoms with Gasteiger partial charge in [-0.15, -0.1) is 0 Å². The number of hydrogen-bond donors (Lipinski definition) is 1. The summed E-state index contributed by atoms with van der Waals surface area (Å²) in [7, 11) is 3.11. The summed E-state index contributed by atoms with van der Waals surface area (Å²) in [5.41, 5.74) is 0.681. The van der Waals surface area contributed by atoms with E-state index in [9.17, 15) is 4.39 Å². The van der Waals surface area contributed by atoms with E-state index in [-0.39, 0.29) is 11.9 Å². The van der Waals surface area contributed by atoms with Crippen molar-refractivity contribution in [3.05, 3.63) is 23.5 Å². The van der Waals surface area contributed by atoms with Crippen LogP contribution in [0.4, 0.5) is 4.39 Å². The van der Waals surface area contributed by atoms with Gasteiger partial charge in [0.15, 0.2) is 11.5 Å². The quantitative estimate of drug-likeness (QED) is 0.788. The lowest BCUT2D eigenvalue weighted by atomic mass is 9.90. The molecule has 2 unspecified atom stereocenters. The highest BCUT2D eigenvalue weighted by molar-refractivity contribution is 5.45. The molecule has 21 heavy (non-hydrogen) atoms. The Kier molecular flexibility index (Phi) is 5.45. The summed E-state index contributed by atoms with van der Waals surface area (Å²) in [4.78, 5) is 0. The van der Waals surface area contributed by atoms with Gasteiger partial charge < -0.3 is 14.8 Å². The maximum absolute atomic E-state index is 14.5. The van der Waals surface area contributed by atoms with Crippen LogP contribution < -0.4 is 14.8 Å². The van der Waals surface area contributed by atoms with Gasteiger partial charge in [-0.1, -0.05) is 13.8 Å². The monoisotopic (exact) mass is 295 g/mol. The molecule has 1 saturated carbocycles. The Labute approximate surface area is 126 Å². The zero-order valence-electron chi connectivity index (χ0n) is 13.4. The van der Waals surface area contributed by atoms with Crippen LogP contribution in [0.5, 0.6) is 11.5 Å². The van der Waals surface area contributed by atoms with Gasteiger partial charge in [0, 0.05) is 17.7 Å². The number of benzene rings is 1. The molecule has 0 aliphatic heterocycles. The Morgan fingerprint density at radius 1 is 1.24 bits per heavy atom. The fourth-order valence-corrected chi connectivity index (χ4v) is 2.88. The fraction of sp³-hybridized carbons (Fsp3) is 0.647. The van der Waals surface area contributed by atoms with Gasteiger partial charge in [-0.2, -0.15) is 0 Å². The first-order valence-electron chi connectivity index (χ1n) is 7.77. The van der Waals surface area contributed by atoms with Crippen LogP contribution in [-0.4, -0.2) is 20.8 Å². The fourth-order valence-electron chi connectivity index (χ4n) is 2.88. The molecule has 0 bridgehead atoms. The second-order valence-electron chi connectivity index (χ2n) is 5.86. The van der Waals surface area contributed by atoms with Crippen LogP contribution in [-0.2, 0) is 0 Å². The summed E-state index contributed by atoms with van der Waals surface area (Å²) in [5.74, 6) is 1.91. The lowest BCUT2D eigenvalue weighted by molar-refractivity contribution is 0.329. The smallest absolute Gasteiger partial charge is 0.163 e. The molecule has 118 valence electrons. The third-order valence-corrected chi connectivity index (χ3v) is 4.34. The van der Waals surface area contributed by atoms with E-state index in [1.165, 1.54) is 26.0 Å². The zero-order valence-corrected chi connectivity index (χ0v) is 13.4. The average Bonchev–Trinajstić information content (AvgIpc) is 3.32. The van der Waals surface area contributed by atoms with Gasteiger partial charge in [-0.25, -0.2) is 4.39 Å². The average molecular weight is 295 g/mol. The molecule has 4 heteroatoms. The standard InChI is InChI=1S/C17H26FNO2/c1-5-8-19-17(11(2)12-6-7-12)13-9-15(20-3)16(21-4)10-14(13)18/h9-12,17,19H,5-8H2,1-4H3. The zero-order chi connectivity index (χ0) is 15.4. The predicted octanol–water partition coefficient (Wildman–Crippen LogP) is 3.93. The molecule has 3 nitrogen and oxygen atoms in total. The topological polar surface area (TPSA) is 30.5 Å². The van der Waals surface area contributed by atoms with Gasteiger partial charge in [0.05, 0.1) is 14.2 Å². The van der Waals surface area contributed by atoms with Crippen molar-refractivity contribution in [1.29, 1.82) is 0 Å². The molecule has 1 aromatic carbocycles. The van der Waals surface area contributed by atoms with Crippen LogP contribution in [0.1, 0.15) is 44.7 Å². The summed E-state index contributed by atoms with van der Waals surface area (Å²) < 4.78 is 25.0. The highest BCUT2D eigenvalue weighted by atomic mass is 19.1. The molecule has 1 N–H and O–H groups in total. The minimum absolute atomic E-state index is 0.0252. The van der Waals surface area contributed by atoms with Crippen LogP contribution in [0.25, 0.3) is 0 Å². The Bertz CT molecular complexity index is 474. The van der Waals surface area contributed by atoms with Crippen molar-refractivity contribution in [3.8, 4) is 11.5 Å². The van der Waals surface area contributed by atoms with E-state index in [0.29, 0.717) is 28.9 Å². The number of hydrogen-bond acceptors (Lipinski definition) is 3. The van der Waals surface area contributed by atoms with Gasteiger partial charge in [0.1, 0.15) is 5.82 Å². The number of ether oxygens (including phenoxy) is 2. The number of halogens is 1. The molecule has 0 heterocycles. The van der Waals surface area contributed by atoms with Crippen molar-refractivity contribution < 1.29 is 13.9 Å². The van der Waals surface area contributed by atoms with E-state index in [1.54, 1.807) is 13.2 Å². The predicted molar refractivity (Wildman–Crippen MR) is 82.4 cm³/mol. The van der Waals surface area contributed by atoms with E-state index >= 15 is 0 Å². The van der Waals surface area contributed by atoms with Crippen molar-refractivity contribution in [1.82, 2.24) is 5.32 Å². The van der Waals surface area contributed by atoms with Crippen LogP contribution in [0.2, 0.25) is 0 Å². The van der Waals surface area contributed by atoms with E-state index in [4.69, 9.17) is 9.47 Å². The molecule has 0 aromatic heterocycles. The molecule has 2 atom stereocenters. The first kappa shape index (κ1) is 16.1. The molecular formula is C17H26FNO2. The summed E-state index contributed by atoms with van der Waals surface area (Å²) in [5, 5.41) is 3.50. The van der Waals surface area contributed by atoms with Gasteiger partial charge >= 0.3 is 0 Å². The van der Waals surface area contributed by atoms with Crippen LogP contribution in [0.3, 0.4) is 0 Å². The summed E-state index contributed by atoms with van der Waals surface area (Å²) in [6.07, 6.45) is 3.53. The lowest BCUT2D eigenvalue weighted by Gasteiger charge is -2.27. The Balaban J connectivity index is 2.33. The second-order valence-corrected chi connectivity index (χ2v) is 5.86. The number of rotatable bonds is 8. The minimum Gasteiger partial charge on any atom is -0.493 e. The largest absolute Gasteiger partial charge is 0.493 e. The third kappa shape index (κ3) is 3.67. The summed E-state index contributed by atoms with van der Waals surface area (Å²) in [6.45, 7) is 5.22. The normalized spacial score (nSPS) is 17.4. The van der Waals surface area contributed by atoms with Gasteiger partial charge in [0.2, 0.25) is 0 Å².